The minimum atomic E-state index is -0.169. The van der Waals surface area contributed by atoms with Crippen molar-refractivity contribution in [2.45, 2.75) is 32.1 Å². The number of hydrogen-bond donors (Lipinski definition) is 0. The summed E-state index contributed by atoms with van der Waals surface area (Å²) in [5.41, 5.74) is 1.78. The first-order valence-corrected chi connectivity index (χ1v) is 9.78. The first-order valence-electron chi connectivity index (χ1n) is 8.16. The zero-order chi connectivity index (χ0) is 16.7. The third-order valence-electron chi connectivity index (χ3n) is 4.44. The number of hydrogen-bond acceptors (Lipinski definition) is 3. The molecule has 4 rings (SSSR count). The Balaban J connectivity index is 1.76. The van der Waals surface area contributed by atoms with E-state index in [2.05, 4.69) is 6.92 Å². The van der Waals surface area contributed by atoms with Gasteiger partial charge < -0.3 is 0 Å². The Bertz CT molecular complexity index is 986. The average molecular weight is 386 g/mol. The van der Waals surface area contributed by atoms with Crippen molar-refractivity contribution in [3.05, 3.63) is 58.4 Å². The molecule has 0 bridgehead atoms. The van der Waals surface area contributed by atoms with Crippen LogP contribution < -0.4 is 10.3 Å². The van der Waals surface area contributed by atoms with Gasteiger partial charge in [0.2, 0.25) is 0 Å². The fraction of sp³-hybridized carbons (Fsp3) is 0.263. The molecule has 0 amide bonds. The van der Waals surface area contributed by atoms with Crippen molar-refractivity contribution >= 4 is 30.3 Å². The number of ether oxygens (including phenoxy) is 1. The van der Waals surface area contributed by atoms with Gasteiger partial charge in [-0.3, -0.25) is 0 Å². The molecule has 2 aromatic carbocycles. The van der Waals surface area contributed by atoms with E-state index < -0.39 is 0 Å². The molecule has 24 heavy (non-hydrogen) atoms. The number of aromatic nitrogens is 1. The van der Waals surface area contributed by atoms with Crippen molar-refractivity contribution in [1.82, 2.24) is 3.56 Å². The molecular formula is C19H17NO3Se. The number of nitrogens with zero attached hydrogens (tertiary/aromatic N) is 1. The van der Waals surface area contributed by atoms with E-state index in [0.717, 1.165) is 40.2 Å². The molecule has 1 aliphatic rings. The van der Waals surface area contributed by atoms with E-state index in [1.165, 1.54) is 0 Å². The molecule has 0 aliphatic carbocycles. The Labute approximate surface area is 145 Å². The zero-order valence-corrected chi connectivity index (χ0v) is 15.0. The van der Waals surface area contributed by atoms with Crippen LogP contribution in [0.15, 0.2) is 47.3 Å². The van der Waals surface area contributed by atoms with Gasteiger partial charge in [-0.25, -0.2) is 0 Å². The van der Waals surface area contributed by atoms with Crippen LogP contribution in [0.1, 0.15) is 37.7 Å². The molecule has 0 spiro atoms. The summed E-state index contributed by atoms with van der Waals surface area (Å²) in [6, 6.07) is 13.4. The third kappa shape index (κ3) is 2.45. The number of fused-ring (bicyclic) bond motifs is 2. The van der Waals surface area contributed by atoms with E-state index in [0.29, 0.717) is 5.75 Å². The predicted molar refractivity (Wildman–Crippen MR) is 94.4 cm³/mol. The van der Waals surface area contributed by atoms with E-state index in [4.69, 9.17) is 4.74 Å². The molecule has 1 unspecified atom stereocenters. The Hall–Kier alpha value is -2.10. The van der Waals surface area contributed by atoms with E-state index >= 15 is 0 Å². The van der Waals surface area contributed by atoms with Crippen LogP contribution in [0.4, 0.5) is 0 Å². The number of esters is 1. The van der Waals surface area contributed by atoms with Gasteiger partial charge >= 0.3 is 145 Å². The van der Waals surface area contributed by atoms with Crippen molar-refractivity contribution < 1.29 is 9.53 Å². The second-order valence-electron chi connectivity index (χ2n) is 6.03. The predicted octanol–water partition coefficient (Wildman–Crippen LogP) is 3.24. The molecule has 1 aromatic heterocycles. The normalized spacial score (nSPS) is 16.4. The Morgan fingerprint density at radius 1 is 1.17 bits per heavy atom. The molecule has 3 aromatic rings. The molecule has 4 nitrogen and oxygen atoms in total. The van der Waals surface area contributed by atoms with Crippen LogP contribution in [0.3, 0.4) is 0 Å². The summed E-state index contributed by atoms with van der Waals surface area (Å²) in [5, 5.41) is 0.774. The summed E-state index contributed by atoms with van der Waals surface area (Å²) in [7, 11) is 0. The van der Waals surface area contributed by atoms with Crippen LogP contribution in [0, 0.1) is 0 Å². The Kier molecular flexibility index (Phi) is 3.91. The van der Waals surface area contributed by atoms with Crippen molar-refractivity contribution in [1.29, 1.82) is 0 Å². The summed E-state index contributed by atoms with van der Waals surface area (Å²) >= 11 is -0.0772. The van der Waals surface area contributed by atoms with E-state index in [1.54, 1.807) is 3.56 Å². The minimum absolute atomic E-state index is 0.0254. The zero-order valence-electron chi connectivity index (χ0n) is 13.3. The van der Waals surface area contributed by atoms with Crippen LogP contribution in [0.2, 0.25) is 0 Å². The van der Waals surface area contributed by atoms with Crippen LogP contribution in [-0.4, -0.2) is 24.3 Å². The van der Waals surface area contributed by atoms with E-state index in [-0.39, 0.29) is 32.2 Å². The number of carbonyl (C=O) groups is 1. The standard InChI is InChI=1S/C19H17NO3Se/c1-2-3-6-14-13-10-9-12(11-16(13)23-19(14)22)20-18(21)15-7-4-5-8-17(15)24-20/h4-5,7-11,14H,2-3,6H2,1H3. The molecule has 2 heterocycles. The third-order valence-corrected chi connectivity index (χ3v) is 6.77. The maximum absolute atomic E-state index is 12.6. The molecule has 1 atom stereocenters. The van der Waals surface area contributed by atoms with Crippen molar-refractivity contribution in [2.24, 2.45) is 0 Å². The van der Waals surface area contributed by atoms with E-state index in [1.807, 2.05) is 42.5 Å². The van der Waals surface area contributed by atoms with E-state index in [9.17, 15) is 9.59 Å². The summed E-state index contributed by atoms with van der Waals surface area (Å²) in [4.78, 5) is 24.7. The van der Waals surface area contributed by atoms with Gasteiger partial charge in [-0.15, -0.1) is 0 Å². The fourth-order valence-corrected chi connectivity index (χ4v) is 5.23. The SMILES string of the molecule is CCCCC1C(=O)Oc2cc(-n3[se]c4ccccc4c3=O)ccc21. The van der Waals surface area contributed by atoms with Crippen LogP contribution in [0.25, 0.3) is 15.3 Å². The van der Waals surface area contributed by atoms with Gasteiger partial charge in [0.05, 0.1) is 0 Å². The number of carbonyl (C=O) groups excluding carboxylic acids is 1. The summed E-state index contributed by atoms with van der Waals surface area (Å²) in [6.07, 6.45) is 2.88. The van der Waals surface area contributed by atoms with Crippen LogP contribution >= 0.6 is 0 Å². The fourth-order valence-electron chi connectivity index (χ4n) is 3.16. The molecule has 5 heteroatoms. The summed E-state index contributed by atoms with van der Waals surface area (Å²) < 4.78 is 8.35. The molecular weight excluding hydrogens is 369 g/mol. The Morgan fingerprint density at radius 2 is 2.00 bits per heavy atom. The number of rotatable bonds is 4. The van der Waals surface area contributed by atoms with Crippen LogP contribution in [-0.2, 0) is 4.79 Å². The van der Waals surface area contributed by atoms with Gasteiger partial charge in [-0.05, 0) is 0 Å². The topological polar surface area (TPSA) is 48.3 Å². The molecule has 0 saturated heterocycles. The first kappa shape index (κ1) is 15.4. The molecule has 0 N–H and O–H groups in total. The molecule has 1 aliphatic heterocycles. The van der Waals surface area contributed by atoms with Crippen LogP contribution in [0.5, 0.6) is 5.75 Å². The summed E-state index contributed by atoms with van der Waals surface area (Å²) in [5.74, 6) is 0.279. The first-order chi connectivity index (χ1) is 11.7. The van der Waals surface area contributed by atoms with Crippen molar-refractivity contribution in [3.63, 3.8) is 0 Å². The molecule has 122 valence electrons. The maximum atomic E-state index is 12.6. The van der Waals surface area contributed by atoms with Gasteiger partial charge in [0.25, 0.3) is 0 Å². The average Bonchev–Trinajstić information content (AvgIpc) is 3.09. The van der Waals surface area contributed by atoms with Gasteiger partial charge in [-0.2, -0.15) is 0 Å². The molecule has 0 saturated carbocycles. The number of benzene rings is 2. The number of unbranched alkanes of at least 4 members (excludes halogenated alkanes) is 1. The molecule has 0 radical (unpaired) electrons. The van der Waals surface area contributed by atoms with Gasteiger partial charge in [-0.1, -0.05) is 0 Å². The molecule has 0 fully saturated rings. The Morgan fingerprint density at radius 3 is 2.79 bits per heavy atom. The van der Waals surface area contributed by atoms with Crippen molar-refractivity contribution in [2.75, 3.05) is 0 Å². The second kappa shape index (κ2) is 6.08. The second-order valence-corrected chi connectivity index (χ2v) is 8.10. The quantitative estimate of drug-likeness (QED) is 0.393. The summed E-state index contributed by atoms with van der Waals surface area (Å²) in [6.45, 7) is 2.11. The van der Waals surface area contributed by atoms with Gasteiger partial charge in [0.1, 0.15) is 0 Å². The van der Waals surface area contributed by atoms with Crippen molar-refractivity contribution in [3.8, 4) is 11.4 Å². The van der Waals surface area contributed by atoms with Gasteiger partial charge in [0.15, 0.2) is 0 Å². The monoisotopic (exact) mass is 387 g/mol. The van der Waals surface area contributed by atoms with Gasteiger partial charge in [0, 0.05) is 0 Å².